The van der Waals surface area contributed by atoms with Crippen LogP contribution in [0.3, 0.4) is 0 Å². The highest BCUT2D eigenvalue weighted by Crippen LogP contribution is 2.40. The van der Waals surface area contributed by atoms with Crippen LogP contribution in [0.15, 0.2) is 54.9 Å². The molecule has 136 valence electrons. The summed E-state index contributed by atoms with van der Waals surface area (Å²) in [6.07, 6.45) is 3.64. The molecule has 1 heterocycles. The van der Waals surface area contributed by atoms with Crippen LogP contribution in [0.2, 0.25) is 18.1 Å². The molecule has 0 aliphatic heterocycles. The van der Waals surface area contributed by atoms with Crippen molar-refractivity contribution >= 4 is 19.1 Å². The number of benzene rings is 2. The fourth-order valence-electron chi connectivity index (χ4n) is 2.79. The molecule has 0 fully saturated rings. The molecule has 1 unspecified atom stereocenters. The van der Waals surface area contributed by atoms with Gasteiger partial charge in [0, 0.05) is 18.0 Å². The minimum atomic E-state index is -1.79. The summed E-state index contributed by atoms with van der Waals surface area (Å²) >= 11 is 0. The van der Waals surface area contributed by atoms with E-state index in [1.807, 2.05) is 6.07 Å². The van der Waals surface area contributed by atoms with Gasteiger partial charge < -0.3 is 4.43 Å². The summed E-state index contributed by atoms with van der Waals surface area (Å²) in [4.78, 5) is 8.68. The molecule has 4 heteroatoms. The van der Waals surface area contributed by atoms with Crippen molar-refractivity contribution in [2.45, 2.75) is 51.9 Å². The van der Waals surface area contributed by atoms with Crippen LogP contribution in [-0.2, 0) is 4.43 Å². The van der Waals surface area contributed by atoms with Gasteiger partial charge in [-0.3, -0.25) is 0 Å². The molecule has 0 spiro atoms. The van der Waals surface area contributed by atoms with Gasteiger partial charge in [-0.1, -0.05) is 45.0 Å². The quantitative estimate of drug-likeness (QED) is 0.504. The number of aromatic nitrogens is 2. The first-order chi connectivity index (χ1) is 12.2. The SMILES string of the molecule is CC(O[Si](C)(C)C(C)(C)C)c1ccc2cc(-c3ncccn3)ccc2c1. The van der Waals surface area contributed by atoms with E-state index in [9.17, 15) is 0 Å². The van der Waals surface area contributed by atoms with E-state index < -0.39 is 8.32 Å². The zero-order chi connectivity index (χ0) is 18.9. The molecule has 3 nitrogen and oxygen atoms in total. The van der Waals surface area contributed by atoms with Crippen LogP contribution in [-0.4, -0.2) is 18.3 Å². The Balaban J connectivity index is 1.88. The van der Waals surface area contributed by atoms with Crippen molar-refractivity contribution in [3.8, 4) is 11.4 Å². The van der Waals surface area contributed by atoms with Crippen molar-refractivity contribution in [3.05, 3.63) is 60.4 Å². The number of rotatable bonds is 4. The molecule has 3 rings (SSSR count). The zero-order valence-electron chi connectivity index (χ0n) is 16.6. The van der Waals surface area contributed by atoms with Crippen LogP contribution in [0, 0.1) is 0 Å². The minimum absolute atomic E-state index is 0.0948. The fraction of sp³-hybridized carbons (Fsp3) is 0.364. The van der Waals surface area contributed by atoms with E-state index in [1.165, 1.54) is 16.3 Å². The highest BCUT2D eigenvalue weighted by Gasteiger charge is 2.38. The van der Waals surface area contributed by atoms with Gasteiger partial charge in [-0.05, 0) is 59.6 Å². The summed E-state index contributed by atoms with van der Waals surface area (Å²) in [5, 5.41) is 2.62. The molecule has 3 aromatic rings. The normalized spacial score (nSPS) is 13.8. The van der Waals surface area contributed by atoms with Crippen LogP contribution in [0.5, 0.6) is 0 Å². The van der Waals surface area contributed by atoms with Gasteiger partial charge in [-0.2, -0.15) is 0 Å². The van der Waals surface area contributed by atoms with Gasteiger partial charge >= 0.3 is 0 Å². The predicted octanol–water partition coefficient (Wildman–Crippen LogP) is 6.38. The average Bonchev–Trinajstić information content (AvgIpc) is 2.60. The van der Waals surface area contributed by atoms with Crippen molar-refractivity contribution in [2.24, 2.45) is 0 Å². The van der Waals surface area contributed by atoms with Gasteiger partial charge in [-0.25, -0.2) is 9.97 Å². The maximum atomic E-state index is 6.55. The summed E-state index contributed by atoms with van der Waals surface area (Å²) in [7, 11) is -1.79. The summed E-state index contributed by atoms with van der Waals surface area (Å²) < 4.78 is 6.55. The molecule has 26 heavy (non-hydrogen) atoms. The second-order valence-corrected chi connectivity index (χ2v) is 13.2. The molecule has 2 aromatic carbocycles. The third-order valence-electron chi connectivity index (χ3n) is 5.44. The largest absolute Gasteiger partial charge is 0.410 e. The molecular formula is C22H28N2OSi. The monoisotopic (exact) mass is 364 g/mol. The maximum absolute atomic E-state index is 6.55. The molecule has 0 amide bonds. The molecule has 0 saturated heterocycles. The lowest BCUT2D eigenvalue weighted by Crippen LogP contribution is -2.41. The van der Waals surface area contributed by atoms with E-state index >= 15 is 0 Å². The first-order valence-electron chi connectivity index (χ1n) is 9.16. The van der Waals surface area contributed by atoms with Gasteiger partial charge in [0.05, 0.1) is 6.10 Å². The number of hydrogen-bond donors (Lipinski definition) is 0. The Morgan fingerprint density at radius 1 is 0.923 bits per heavy atom. The van der Waals surface area contributed by atoms with Crippen LogP contribution in [0.1, 0.15) is 39.4 Å². The molecule has 0 aliphatic carbocycles. The maximum Gasteiger partial charge on any atom is 0.192 e. The smallest absolute Gasteiger partial charge is 0.192 e. The lowest BCUT2D eigenvalue weighted by Gasteiger charge is -2.38. The standard InChI is InChI=1S/C22H28N2OSi/c1-16(25-26(5,6)22(2,3)4)17-8-9-19-15-20(11-10-18(19)14-17)21-23-12-7-13-24-21/h7-16H,1-6H3. The number of nitrogens with zero attached hydrogens (tertiary/aromatic N) is 2. The van der Waals surface area contributed by atoms with Crippen molar-refractivity contribution in [1.82, 2.24) is 9.97 Å². The molecule has 0 aliphatic rings. The molecule has 1 atom stereocenters. The Kier molecular flexibility index (Phi) is 5.00. The van der Waals surface area contributed by atoms with Gasteiger partial charge in [0.1, 0.15) is 0 Å². The summed E-state index contributed by atoms with van der Waals surface area (Å²) in [6.45, 7) is 13.6. The zero-order valence-corrected chi connectivity index (χ0v) is 17.6. The average molecular weight is 365 g/mol. The number of fused-ring (bicyclic) bond motifs is 1. The van der Waals surface area contributed by atoms with Crippen molar-refractivity contribution in [2.75, 3.05) is 0 Å². The Bertz CT molecular complexity index is 901. The van der Waals surface area contributed by atoms with E-state index in [-0.39, 0.29) is 11.1 Å². The fourth-order valence-corrected chi connectivity index (χ4v) is 4.16. The third-order valence-corrected chi connectivity index (χ3v) is 9.99. The van der Waals surface area contributed by atoms with Crippen LogP contribution in [0.25, 0.3) is 22.2 Å². The van der Waals surface area contributed by atoms with Crippen molar-refractivity contribution < 1.29 is 4.43 Å². The summed E-state index contributed by atoms with van der Waals surface area (Å²) in [5.41, 5.74) is 2.27. The summed E-state index contributed by atoms with van der Waals surface area (Å²) in [5.74, 6) is 0.758. The Morgan fingerprint density at radius 3 is 2.19 bits per heavy atom. The Morgan fingerprint density at radius 2 is 1.54 bits per heavy atom. The second-order valence-electron chi connectivity index (χ2n) is 8.41. The van der Waals surface area contributed by atoms with Crippen molar-refractivity contribution in [1.29, 1.82) is 0 Å². The predicted molar refractivity (Wildman–Crippen MR) is 112 cm³/mol. The number of hydrogen-bond acceptors (Lipinski definition) is 3. The van der Waals surface area contributed by atoms with E-state index in [0.717, 1.165) is 11.4 Å². The topological polar surface area (TPSA) is 35.0 Å². The molecule has 0 bridgehead atoms. The molecule has 0 radical (unpaired) electrons. The van der Waals surface area contributed by atoms with E-state index in [2.05, 4.69) is 87.2 Å². The van der Waals surface area contributed by atoms with E-state index in [4.69, 9.17) is 4.43 Å². The second kappa shape index (κ2) is 6.93. The first-order valence-corrected chi connectivity index (χ1v) is 12.1. The highest BCUT2D eigenvalue weighted by molar-refractivity contribution is 6.74. The lowest BCUT2D eigenvalue weighted by atomic mass is 10.0. The van der Waals surface area contributed by atoms with Gasteiger partial charge in [-0.15, -0.1) is 0 Å². The lowest BCUT2D eigenvalue weighted by molar-refractivity contribution is 0.203. The van der Waals surface area contributed by atoms with Crippen LogP contribution >= 0.6 is 0 Å². The third kappa shape index (κ3) is 3.86. The molecule has 1 aromatic heterocycles. The van der Waals surface area contributed by atoms with E-state index in [1.54, 1.807) is 12.4 Å². The molecule has 0 saturated carbocycles. The van der Waals surface area contributed by atoms with Crippen molar-refractivity contribution in [3.63, 3.8) is 0 Å². The highest BCUT2D eigenvalue weighted by atomic mass is 28.4. The Labute approximate surface area is 157 Å². The van der Waals surface area contributed by atoms with Gasteiger partial charge in [0.15, 0.2) is 14.1 Å². The van der Waals surface area contributed by atoms with Gasteiger partial charge in [0.25, 0.3) is 0 Å². The van der Waals surface area contributed by atoms with Crippen LogP contribution in [0.4, 0.5) is 0 Å². The van der Waals surface area contributed by atoms with Crippen LogP contribution < -0.4 is 0 Å². The van der Waals surface area contributed by atoms with E-state index in [0.29, 0.717) is 0 Å². The first kappa shape index (κ1) is 18.7. The minimum Gasteiger partial charge on any atom is -0.410 e. The summed E-state index contributed by atoms with van der Waals surface area (Å²) in [6, 6.07) is 14.8. The van der Waals surface area contributed by atoms with Gasteiger partial charge in [0.2, 0.25) is 0 Å². The molecular weight excluding hydrogens is 336 g/mol. The Hall–Kier alpha value is -2.04. The molecule has 0 N–H and O–H groups in total.